The van der Waals surface area contributed by atoms with Gasteiger partial charge in [-0.25, -0.2) is 4.57 Å². The summed E-state index contributed by atoms with van der Waals surface area (Å²) in [5, 5.41) is 4.40. The van der Waals surface area contributed by atoms with Crippen LogP contribution in [-0.4, -0.2) is 9.78 Å². The van der Waals surface area contributed by atoms with Crippen molar-refractivity contribution in [3.8, 4) is 0 Å². The van der Waals surface area contributed by atoms with E-state index in [2.05, 4.69) is 70.6 Å². The fourth-order valence-electron chi connectivity index (χ4n) is 2.23. The van der Waals surface area contributed by atoms with Crippen LogP contribution in [0.15, 0.2) is 73.3 Å². The molecule has 0 aliphatic rings. The molecule has 100 valence electrons. The topological polar surface area (TPSA) is 21.7 Å². The van der Waals surface area contributed by atoms with Crippen molar-refractivity contribution in [3.63, 3.8) is 0 Å². The number of aryl methyl sites for hydroxylation is 2. The van der Waals surface area contributed by atoms with E-state index in [1.165, 1.54) is 11.1 Å². The lowest BCUT2D eigenvalue weighted by Gasteiger charge is -1.98. The van der Waals surface area contributed by atoms with Crippen molar-refractivity contribution in [1.29, 1.82) is 0 Å². The van der Waals surface area contributed by atoms with Gasteiger partial charge in [0.25, 0.3) is 6.33 Å². The number of benzene rings is 2. The van der Waals surface area contributed by atoms with Gasteiger partial charge >= 0.3 is 0 Å². The monoisotopic (exact) mass is 264 g/mol. The van der Waals surface area contributed by atoms with E-state index < -0.39 is 0 Å². The zero-order valence-electron chi connectivity index (χ0n) is 11.4. The van der Waals surface area contributed by atoms with Crippen LogP contribution in [0.4, 0.5) is 0 Å². The molecule has 0 unspecified atom stereocenters. The minimum Gasteiger partial charge on any atom is -0.237 e. The molecule has 0 fully saturated rings. The van der Waals surface area contributed by atoms with Crippen molar-refractivity contribution in [2.75, 3.05) is 0 Å². The Morgan fingerprint density at radius 1 is 0.850 bits per heavy atom. The lowest BCUT2D eigenvalue weighted by molar-refractivity contribution is -0.697. The minimum absolute atomic E-state index is 0.819. The molecule has 0 saturated heterocycles. The number of hydrogen-bond donors (Lipinski definition) is 0. The van der Waals surface area contributed by atoms with E-state index in [0.717, 1.165) is 19.5 Å². The largest absolute Gasteiger partial charge is 0.265 e. The molecule has 0 aliphatic carbocycles. The zero-order valence-corrected chi connectivity index (χ0v) is 11.4. The van der Waals surface area contributed by atoms with Crippen molar-refractivity contribution in [1.82, 2.24) is 9.78 Å². The summed E-state index contributed by atoms with van der Waals surface area (Å²) in [6.45, 7) is 1.78. The summed E-state index contributed by atoms with van der Waals surface area (Å²) >= 11 is 0. The van der Waals surface area contributed by atoms with Crippen LogP contribution >= 0.6 is 0 Å². The second-order valence-corrected chi connectivity index (χ2v) is 4.90. The maximum atomic E-state index is 4.40. The van der Waals surface area contributed by atoms with Gasteiger partial charge in [-0.15, -0.1) is 4.68 Å². The fraction of sp³-hybridized carbons (Fsp3) is 0.176. The summed E-state index contributed by atoms with van der Waals surface area (Å²) in [5.41, 5.74) is 2.63. The summed E-state index contributed by atoms with van der Waals surface area (Å²) in [6.07, 6.45) is 4.99. The highest BCUT2D eigenvalue weighted by Crippen LogP contribution is 2.01. The van der Waals surface area contributed by atoms with Gasteiger partial charge in [0.05, 0.1) is 6.54 Å². The molecule has 3 nitrogen and oxygen atoms in total. The van der Waals surface area contributed by atoms with Crippen molar-refractivity contribution in [2.45, 2.75) is 19.5 Å². The third-order valence-corrected chi connectivity index (χ3v) is 3.32. The lowest BCUT2D eigenvalue weighted by atomic mass is 10.1. The molecular formula is C17H18N3+. The summed E-state index contributed by atoms with van der Waals surface area (Å²) in [4.78, 5) is 0. The number of rotatable bonds is 5. The molecule has 0 aliphatic heterocycles. The first-order chi connectivity index (χ1) is 9.90. The minimum atomic E-state index is 0.819. The van der Waals surface area contributed by atoms with E-state index in [0.29, 0.717) is 0 Å². The molecule has 20 heavy (non-hydrogen) atoms. The van der Waals surface area contributed by atoms with Crippen molar-refractivity contribution >= 4 is 0 Å². The van der Waals surface area contributed by atoms with Crippen LogP contribution < -0.4 is 4.57 Å². The van der Waals surface area contributed by atoms with E-state index in [-0.39, 0.29) is 0 Å². The SMILES string of the molecule is c1ccc(CC[n+]2cnn(Cc3ccccc3)c2)cc1. The predicted molar refractivity (Wildman–Crippen MR) is 78.1 cm³/mol. The number of nitrogens with zero attached hydrogens (tertiary/aromatic N) is 3. The number of hydrogen-bond acceptors (Lipinski definition) is 1. The van der Waals surface area contributed by atoms with E-state index in [1.807, 2.05) is 17.1 Å². The molecule has 3 heteroatoms. The van der Waals surface area contributed by atoms with Gasteiger partial charge in [-0.05, 0) is 11.1 Å². The molecule has 0 N–H and O–H groups in total. The molecule has 1 heterocycles. The molecule has 3 rings (SSSR count). The normalized spacial score (nSPS) is 10.6. The lowest BCUT2D eigenvalue weighted by Crippen LogP contribution is -2.32. The Balaban J connectivity index is 1.60. The molecule has 0 atom stereocenters. The van der Waals surface area contributed by atoms with E-state index >= 15 is 0 Å². The molecular weight excluding hydrogens is 246 g/mol. The highest BCUT2D eigenvalue weighted by Gasteiger charge is 2.06. The van der Waals surface area contributed by atoms with Crippen molar-refractivity contribution < 1.29 is 4.57 Å². The molecule has 3 aromatic rings. The van der Waals surface area contributed by atoms with Crippen LogP contribution in [0.2, 0.25) is 0 Å². The predicted octanol–water partition coefficient (Wildman–Crippen LogP) is 2.46. The van der Waals surface area contributed by atoms with Gasteiger partial charge in [-0.1, -0.05) is 60.7 Å². The first-order valence-corrected chi connectivity index (χ1v) is 6.89. The zero-order chi connectivity index (χ0) is 13.6. The third-order valence-electron chi connectivity index (χ3n) is 3.32. The van der Waals surface area contributed by atoms with E-state index in [4.69, 9.17) is 0 Å². The second-order valence-electron chi connectivity index (χ2n) is 4.90. The van der Waals surface area contributed by atoms with E-state index in [9.17, 15) is 0 Å². The summed E-state index contributed by atoms with van der Waals surface area (Å²) < 4.78 is 4.11. The summed E-state index contributed by atoms with van der Waals surface area (Å²) in [5.74, 6) is 0. The van der Waals surface area contributed by atoms with Crippen LogP contribution in [0, 0.1) is 0 Å². The van der Waals surface area contributed by atoms with Crippen LogP contribution in [0.1, 0.15) is 11.1 Å². The Bertz CT molecular complexity index is 644. The van der Waals surface area contributed by atoms with Crippen LogP contribution in [0.5, 0.6) is 0 Å². The Morgan fingerprint density at radius 2 is 1.50 bits per heavy atom. The van der Waals surface area contributed by atoms with Crippen LogP contribution in [0.25, 0.3) is 0 Å². The average molecular weight is 264 g/mol. The maximum Gasteiger partial charge on any atom is 0.265 e. The highest BCUT2D eigenvalue weighted by atomic mass is 15.3. The first-order valence-electron chi connectivity index (χ1n) is 6.89. The maximum absolute atomic E-state index is 4.40. The number of aromatic nitrogens is 3. The van der Waals surface area contributed by atoms with Crippen molar-refractivity contribution in [3.05, 3.63) is 84.4 Å². The van der Waals surface area contributed by atoms with Gasteiger partial charge in [-0.3, -0.25) is 0 Å². The quantitative estimate of drug-likeness (QED) is 0.649. The first kappa shape index (κ1) is 12.6. The Hall–Kier alpha value is -2.42. The van der Waals surface area contributed by atoms with Gasteiger partial charge in [0, 0.05) is 11.5 Å². The third kappa shape index (κ3) is 3.32. The fourth-order valence-corrected chi connectivity index (χ4v) is 2.23. The van der Waals surface area contributed by atoms with Gasteiger partial charge in [0.15, 0.2) is 0 Å². The molecule has 2 aromatic carbocycles. The van der Waals surface area contributed by atoms with Gasteiger partial charge in [0.1, 0.15) is 6.54 Å². The summed E-state index contributed by atoms with van der Waals surface area (Å²) in [7, 11) is 0. The van der Waals surface area contributed by atoms with Gasteiger partial charge < -0.3 is 0 Å². The molecule has 0 bridgehead atoms. The smallest absolute Gasteiger partial charge is 0.237 e. The molecule has 0 amide bonds. The van der Waals surface area contributed by atoms with Crippen molar-refractivity contribution in [2.24, 2.45) is 0 Å². The van der Waals surface area contributed by atoms with Gasteiger partial charge in [0.2, 0.25) is 6.33 Å². The van der Waals surface area contributed by atoms with Gasteiger partial charge in [-0.2, -0.15) is 0 Å². The highest BCUT2D eigenvalue weighted by molar-refractivity contribution is 5.15. The van der Waals surface area contributed by atoms with Crippen LogP contribution in [0.3, 0.4) is 0 Å². The molecule has 0 radical (unpaired) electrons. The van der Waals surface area contributed by atoms with Crippen LogP contribution in [-0.2, 0) is 19.5 Å². The second kappa shape index (κ2) is 6.15. The molecule has 0 spiro atoms. The molecule has 1 aromatic heterocycles. The Kier molecular flexibility index (Phi) is 3.88. The Morgan fingerprint density at radius 3 is 2.20 bits per heavy atom. The standard InChI is InChI=1S/C17H18N3/c1-3-7-16(8-4-1)11-12-19-14-18-20(15-19)13-17-9-5-2-6-10-17/h1-10,14-15H,11-13H2/q+1. The summed E-state index contributed by atoms with van der Waals surface area (Å²) in [6, 6.07) is 20.9. The molecule has 0 saturated carbocycles. The average Bonchev–Trinajstić information content (AvgIpc) is 2.95. The Labute approximate surface area is 119 Å². The van der Waals surface area contributed by atoms with E-state index in [1.54, 1.807) is 0 Å².